The Bertz CT molecular complexity index is 1630. The van der Waals surface area contributed by atoms with Gasteiger partial charge in [-0.25, -0.2) is 4.98 Å². The molecule has 0 radical (unpaired) electrons. The van der Waals surface area contributed by atoms with E-state index >= 15 is 0 Å². The molecule has 2 heterocycles. The fourth-order valence-electron chi connectivity index (χ4n) is 4.53. The van der Waals surface area contributed by atoms with Crippen LogP contribution in [0.25, 0.3) is 27.4 Å². The molecule has 160 valence electrons. The van der Waals surface area contributed by atoms with Gasteiger partial charge in [-0.1, -0.05) is 66.2 Å². The van der Waals surface area contributed by atoms with Gasteiger partial charge in [-0.15, -0.1) is 0 Å². The molecule has 1 aliphatic rings. The lowest BCUT2D eigenvalue weighted by atomic mass is 10.0. The lowest BCUT2D eigenvalue weighted by molar-refractivity contribution is 0.0938. The summed E-state index contributed by atoms with van der Waals surface area (Å²) in [6, 6.07) is 26.0. The second-order valence-corrected chi connectivity index (χ2v) is 8.64. The van der Waals surface area contributed by atoms with Crippen LogP contribution in [0.2, 0.25) is 5.02 Å². The molecule has 4 aromatic carbocycles. The Hall–Kier alpha value is -3.96. The molecule has 1 atom stereocenters. The maximum Gasteiger partial charge on any atom is 0.266 e. The van der Waals surface area contributed by atoms with E-state index in [1.54, 1.807) is 22.8 Å². The van der Waals surface area contributed by atoms with Crippen molar-refractivity contribution in [2.45, 2.75) is 12.5 Å². The Kier molecular flexibility index (Phi) is 4.52. The maximum atomic E-state index is 13.8. The molecule has 0 saturated carbocycles. The molecule has 6 heteroatoms. The van der Waals surface area contributed by atoms with Gasteiger partial charge >= 0.3 is 0 Å². The molecule has 1 aliphatic heterocycles. The Morgan fingerprint density at radius 3 is 2.39 bits per heavy atom. The molecule has 0 bridgehead atoms. The number of halogens is 1. The quantitative estimate of drug-likeness (QED) is 0.400. The van der Waals surface area contributed by atoms with Crippen molar-refractivity contribution in [2.75, 3.05) is 0 Å². The lowest BCUT2D eigenvalue weighted by Crippen LogP contribution is -2.31. The normalized spacial score (nSPS) is 15.1. The Morgan fingerprint density at radius 2 is 1.61 bits per heavy atom. The zero-order valence-electron chi connectivity index (χ0n) is 17.5. The minimum absolute atomic E-state index is 0.233. The zero-order chi connectivity index (χ0) is 22.5. The van der Waals surface area contributed by atoms with Crippen molar-refractivity contribution >= 4 is 39.2 Å². The number of nitrogens with one attached hydrogen (secondary N) is 1. The first-order chi connectivity index (χ1) is 16.1. The minimum atomic E-state index is -0.483. The van der Waals surface area contributed by atoms with Crippen LogP contribution in [0.15, 0.2) is 89.7 Å². The Morgan fingerprint density at radius 1 is 0.879 bits per heavy atom. The van der Waals surface area contributed by atoms with E-state index in [0.29, 0.717) is 39.4 Å². The molecule has 1 amide bonds. The first-order valence-corrected chi connectivity index (χ1v) is 11.1. The van der Waals surface area contributed by atoms with Crippen LogP contribution in [0.5, 0.6) is 0 Å². The SMILES string of the molecule is O=C1NC(Cc2ccccc2)c2nc3ccc(Cl)cc3c(=O)n2-c2cc3ccccc3cc21. The molecule has 33 heavy (non-hydrogen) atoms. The molecular formula is C27H18ClN3O2. The van der Waals surface area contributed by atoms with Gasteiger partial charge in [0.15, 0.2) is 0 Å². The highest BCUT2D eigenvalue weighted by Crippen LogP contribution is 2.30. The van der Waals surface area contributed by atoms with Gasteiger partial charge < -0.3 is 5.32 Å². The molecular weight excluding hydrogens is 434 g/mol. The summed E-state index contributed by atoms with van der Waals surface area (Å²) in [6.07, 6.45) is 0.506. The van der Waals surface area contributed by atoms with Gasteiger partial charge in [-0.2, -0.15) is 0 Å². The van der Waals surface area contributed by atoms with E-state index in [-0.39, 0.29) is 11.5 Å². The summed E-state index contributed by atoms with van der Waals surface area (Å²) in [5.74, 6) is 0.268. The molecule has 0 aliphatic carbocycles. The second-order valence-electron chi connectivity index (χ2n) is 8.20. The van der Waals surface area contributed by atoms with Crippen molar-refractivity contribution in [2.24, 2.45) is 0 Å². The molecule has 1 N–H and O–H groups in total. The van der Waals surface area contributed by atoms with Crippen LogP contribution in [0.4, 0.5) is 0 Å². The van der Waals surface area contributed by atoms with Crippen LogP contribution in [0, 0.1) is 0 Å². The molecule has 5 aromatic rings. The molecule has 0 fully saturated rings. The summed E-state index contributed by atoms with van der Waals surface area (Å²) < 4.78 is 1.58. The third-order valence-corrected chi connectivity index (χ3v) is 6.34. The van der Waals surface area contributed by atoms with E-state index in [9.17, 15) is 9.59 Å². The highest BCUT2D eigenvalue weighted by molar-refractivity contribution is 6.31. The minimum Gasteiger partial charge on any atom is -0.342 e. The van der Waals surface area contributed by atoms with E-state index in [1.807, 2.05) is 66.7 Å². The smallest absolute Gasteiger partial charge is 0.266 e. The fraction of sp³-hybridized carbons (Fsp3) is 0.0741. The van der Waals surface area contributed by atoms with Gasteiger partial charge in [0.25, 0.3) is 11.5 Å². The summed E-state index contributed by atoms with van der Waals surface area (Å²) in [6.45, 7) is 0. The Balaban J connectivity index is 1.68. The number of carbonyl (C=O) groups is 1. The third kappa shape index (κ3) is 3.29. The number of hydrogen-bond acceptors (Lipinski definition) is 3. The van der Waals surface area contributed by atoms with Crippen LogP contribution in [-0.4, -0.2) is 15.5 Å². The van der Waals surface area contributed by atoms with Crippen LogP contribution in [0.1, 0.15) is 27.8 Å². The number of aromatic nitrogens is 2. The average molecular weight is 452 g/mol. The van der Waals surface area contributed by atoms with Crippen molar-refractivity contribution < 1.29 is 4.79 Å². The lowest BCUT2D eigenvalue weighted by Gasteiger charge is -2.19. The van der Waals surface area contributed by atoms with Gasteiger partial charge in [0, 0.05) is 5.02 Å². The summed E-state index contributed by atoms with van der Waals surface area (Å²) >= 11 is 6.20. The third-order valence-electron chi connectivity index (χ3n) is 6.11. The highest BCUT2D eigenvalue weighted by atomic mass is 35.5. The van der Waals surface area contributed by atoms with Crippen molar-refractivity contribution in [1.29, 1.82) is 0 Å². The summed E-state index contributed by atoms with van der Waals surface area (Å²) in [5.41, 5.74) is 2.30. The fourth-order valence-corrected chi connectivity index (χ4v) is 4.70. The van der Waals surface area contributed by atoms with Gasteiger partial charge in [0.1, 0.15) is 5.82 Å². The average Bonchev–Trinajstić information content (AvgIpc) is 2.94. The number of hydrogen-bond donors (Lipinski definition) is 1. The number of fused-ring (bicyclic) bond motifs is 5. The molecule has 6 rings (SSSR count). The predicted octanol–water partition coefficient (Wildman–Crippen LogP) is 5.22. The zero-order valence-corrected chi connectivity index (χ0v) is 18.2. The van der Waals surface area contributed by atoms with Gasteiger partial charge in [-0.05, 0) is 53.1 Å². The maximum absolute atomic E-state index is 13.8. The van der Waals surface area contributed by atoms with E-state index in [0.717, 1.165) is 16.3 Å². The second kappa shape index (κ2) is 7.57. The van der Waals surface area contributed by atoms with E-state index in [1.165, 1.54) is 0 Å². The molecule has 1 aromatic heterocycles. The topological polar surface area (TPSA) is 64.0 Å². The summed E-state index contributed by atoms with van der Waals surface area (Å²) in [5, 5.41) is 5.87. The molecule has 1 unspecified atom stereocenters. The first kappa shape index (κ1) is 19.7. The monoisotopic (exact) mass is 451 g/mol. The van der Waals surface area contributed by atoms with Gasteiger partial charge in [0.05, 0.1) is 28.2 Å². The molecule has 0 spiro atoms. The standard InChI is InChI=1S/C27H18ClN3O2/c28-19-10-11-22-20(15-19)27(33)31-24-14-18-9-5-4-8-17(18)13-21(24)26(32)30-23(25(31)29-22)12-16-6-2-1-3-7-16/h1-11,13-15,23H,12H2,(H,30,32). The van der Waals surface area contributed by atoms with Crippen LogP contribution in [-0.2, 0) is 6.42 Å². The largest absolute Gasteiger partial charge is 0.342 e. The van der Waals surface area contributed by atoms with Crippen molar-refractivity contribution in [3.05, 3.63) is 117 Å². The Labute approximate surface area is 194 Å². The predicted molar refractivity (Wildman–Crippen MR) is 130 cm³/mol. The van der Waals surface area contributed by atoms with E-state index in [2.05, 4.69) is 5.32 Å². The van der Waals surface area contributed by atoms with Crippen LogP contribution in [0.3, 0.4) is 0 Å². The summed E-state index contributed by atoms with van der Waals surface area (Å²) in [4.78, 5) is 32.1. The number of benzene rings is 4. The number of rotatable bonds is 2. The van der Waals surface area contributed by atoms with Crippen LogP contribution < -0.4 is 10.9 Å². The number of carbonyl (C=O) groups excluding carboxylic acids is 1. The van der Waals surface area contributed by atoms with Crippen molar-refractivity contribution in [3.8, 4) is 5.69 Å². The highest BCUT2D eigenvalue weighted by Gasteiger charge is 2.30. The number of nitrogens with zero attached hydrogens (tertiary/aromatic N) is 2. The van der Waals surface area contributed by atoms with Gasteiger partial charge in [0.2, 0.25) is 0 Å². The van der Waals surface area contributed by atoms with Crippen molar-refractivity contribution in [3.63, 3.8) is 0 Å². The van der Waals surface area contributed by atoms with E-state index < -0.39 is 6.04 Å². The van der Waals surface area contributed by atoms with Crippen LogP contribution >= 0.6 is 11.6 Å². The first-order valence-electron chi connectivity index (χ1n) is 10.7. The van der Waals surface area contributed by atoms with Gasteiger partial charge in [-0.3, -0.25) is 14.2 Å². The molecule has 0 saturated heterocycles. The van der Waals surface area contributed by atoms with Crippen molar-refractivity contribution in [1.82, 2.24) is 14.9 Å². The van der Waals surface area contributed by atoms with E-state index in [4.69, 9.17) is 16.6 Å². The summed E-state index contributed by atoms with van der Waals surface area (Å²) in [7, 11) is 0. The number of amides is 1. The molecule has 5 nitrogen and oxygen atoms in total.